The quantitative estimate of drug-likeness (QED) is 0.578. The second-order valence-electron chi connectivity index (χ2n) is 4.19. The van der Waals surface area contributed by atoms with E-state index in [0.29, 0.717) is 10.8 Å². The molecule has 1 saturated carbocycles. The Kier molecular flexibility index (Phi) is 3.83. The Labute approximate surface area is 101 Å². The molecule has 1 aliphatic rings. The molecule has 0 radical (unpaired) electrons. The van der Waals surface area contributed by atoms with Gasteiger partial charge < -0.3 is 4.74 Å². The van der Waals surface area contributed by atoms with Crippen molar-refractivity contribution in [2.45, 2.75) is 32.1 Å². The van der Waals surface area contributed by atoms with E-state index in [4.69, 9.17) is 16.3 Å². The van der Waals surface area contributed by atoms with Crippen molar-refractivity contribution >= 4 is 17.6 Å². The van der Waals surface area contributed by atoms with Gasteiger partial charge in [-0.1, -0.05) is 43.0 Å². The summed E-state index contributed by atoms with van der Waals surface area (Å²) >= 11 is 5.93. The molecule has 1 fully saturated rings. The first-order chi connectivity index (χ1) is 7.77. The molecule has 0 aromatic heterocycles. The Balaban J connectivity index is 1.99. The lowest BCUT2D eigenvalue weighted by molar-refractivity contribution is -0.139. The zero-order valence-electron chi connectivity index (χ0n) is 9.12. The normalized spacial score (nSPS) is 17.1. The smallest absolute Gasteiger partial charge is 0.314 e. The SMILES string of the molecule is O=C(Oc1ccccc1Cl)C1CCCCC1. The lowest BCUT2D eigenvalue weighted by Crippen LogP contribution is -2.22. The third kappa shape index (κ3) is 2.76. The molecule has 0 atom stereocenters. The fourth-order valence-electron chi connectivity index (χ4n) is 2.06. The predicted molar refractivity (Wildman–Crippen MR) is 63.7 cm³/mol. The number of benzene rings is 1. The first-order valence-electron chi connectivity index (χ1n) is 5.73. The number of halogens is 1. The van der Waals surface area contributed by atoms with Crippen LogP contribution in [0.1, 0.15) is 32.1 Å². The molecular formula is C13H15ClO2. The van der Waals surface area contributed by atoms with Crippen LogP contribution >= 0.6 is 11.6 Å². The van der Waals surface area contributed by atoms with E-state index in [1.165, 1.54) is 6.42 Å². The molecule has 1 aromatic rings. The van der Waals surface area contributed by atoms with Crippen LogP contribution in [0.4, 0.5) is 0 Å². The van der Waals surface area contributed by atoms with Crippen molar-refractivity contribution in [2.24, 2.45) is 5.92 Å². The highest BCUT2D eigenvalue weighted by Gasteiger charge is 2.23. The minimum Gasteiger partial charge on any atom is -0.425 e. The van der Waals surface area contributed by atoms with Gasteiger partial charge >= 0.3 is 5.97 Å². The Morgan fingerprint density at radius 2 is 1.88 bits per heavy atom. The summed E-state index contributed by atoms with van der Waals surface area (Å²) in [5, 5.41) is 0.492. The van der Waals surface area contributed by atoms with Gasteiger partial charge in [-0.3, -0.25) is 4.79 Å². The number of esters is 1. The van der Waals surface area contributed by atoms with Gasteiger partial charge in [0.25, 0.3) is 0 Å². The fourth-order valence-corrected chi connectivity index (χ4v) is 2.23. The second kappa shape index (κ2) is 5.35. The average molecular weight is 239 g/mol. The Hall–Kier alpha value is -1.02. The third-order valence-electron chi connectivity index (χ3n) is 2.99. The molecule has 0 bridgehead atoms. The Morgan fingerprint density at radius 3 is 2.56 bits per heavy atom. The first kappa shape index (κ1) is 11.5. The van der Waals surface area contributed by atoms with Crippen LogP contribution < -0.4 is 4.74 Å². The summed E-state index contributed by atoms with van der Waals surface area (Å²) in [6, 6.07) is 7.09. The number of carbonyl (C=O) groups excluding carboxylic acids is 1. The number of hydrogen-bond acceptors (Lipinski definition) is 2. The summed E-state index contributed by atoms with van der Waals surface area (Å²) in [5.41, 5.74) is 0. The number of carbonyl (C=O) groups is 1. The van der Waals surface area contributed by atoms with E-state index in [-0.39, 0.29) is 11.9 Å². The fraction of sp³-hybridized carbons (Fsp3) is 0.462. The minimum atomic E-state index is -0.132. The maximum absolute atomic E-state index is 11.8. The van der Waals surface area contributed by atoms with Gasteiger partial charge in [-0.05, 0) is 25.0 Å². The minimum absolute atomic E-state index is 0.0602. The van der Waals surface area contributed by atoms with Crippen molar-refractivity contribution in [3.8, 4) is 5.75 Å². The standard InChI is InChI=1S/C13H15ClO2/c14-11-8-4-5-9-12(11)16-13(15)10-6-2-1-3-7-10/h4-5,8-10H,1-3,6-7H2. The Bertz CT molecular complexity index is 370. The van der Waals surface area contributed by atoms with Gasteiger partial charge in [0.1, 0.15) is 5.75 Å². The van der Waals surface area contributed by atoms with Crippen molar-refractivity contribution in [2.75, 3.05) is 0 Å². The first-order valence-corrected chi connectivity index (χ1v) is 6.11. The molecule has 2 rings (SSSR count). The average Bonchev–Trinajstić information content (AvgIpc) is 2.33. The lowest BCUT2D eigenvalue weighted by Gasteiger charge is -2.19. The zero-order valence-corrected chi connectivity index (χ0v) is 9.87. The maximum Gasteiger partial charge on any atom is 0.314 e. The number of rotatable bonds is 2. The van der Waals surface area contributed by atoms with Crippen molar-refractivity contribution in [1.29, 1.82) is 0 Å². The van der Waals surface area contributed by atoms with Crippen molar-refractivity contribution in [3.05, 3.63) is 29.3 Å². The van der Waals surface area contributed by atoms with Crippen LogP contribution in [0.2, 0.25) is 5.02 Å². The van der Waals surface area contributed by atoms with Gasteiger partial charge in [0.15, 0.2) is 0 Å². The molecular weight excluding hydrogens is 224 g/mol. The van der Waals surface area contributed by atoms with Crippen molar-refractivity contribution < 1.29 is 9.53 Å². The maximum atomic E-state index is 11.8. The van der Waals surface area contributed by atoms with Crippen LogP contribution in [-0.2, 0) is 4.79 Å². The molecule has 0 aliphatic heterocycles. The van der Waals surface area contributed by atoms with Gasteiger partial charge in [-0.15, -0.1) is 0 Å². The summed E-state index contributed by atoms with van der Waals surface area (Å²) in [7, 11) is 0. The highest BCUT2D eigenvalue weighted by atomic mass is 35.5. The third-order valence-corrected chi connectivity index (χ3v) is 3.30. The van der Waals surface area contributed by atoms with Gasteiger partial charge in [0.2, 0.25) is 0 Å². The van der Waals surface area contributed by atoms with Crippen LogP contribution in [0.5, 0.6) is 5.75 Å². The zero-order chi connectivity index (χ0) is 11.4. The monoisotopic (exact) mass is 238 g/mol. The van der Waals surface area contributed by atoms with Crippen LogP contribution in [0.25, 0.3) is 0 Å². The predicted octanol–water partition coefficient (Wildman–Crippen LogP) is 3.83. The van der Waals surface area contributed by atoms with E-state index in [0.717, 1.165) is 25.7 Å². The number of ether oxygens (including phenoxy) is 1. The molecule has 86 valence electrons. The number of hydrogen-bond donors (Lipinski definition) is 0. The van der Waals surface area contributed by atoms with Gasteiger partial charge in [-0.2, -0.15) is 0 Å². The lowest BCUT2D eigenvalue weighted by atomic mass is 9.89. The van der Waals surface area contributed by atoms with Crippen molar-refractivity contribution in [3.63, 3.8) is 0 Å². The van der Waals surface area contributed by atoms with Crippen molar-refractivity contribution in [1.82, 2.24) is 0 Å². The summed E-state index contributed by atoms with van der Waals surface area (Å²) < 4.78 is 5.31. The Morgan fingerprint density at radius 1 is 1.19 bits per heavy atom. The van der Waals surface area contributed by atoms with E-state index in [1.807, 2.05) is 12.1 Å². The van der Waals surface area contributed by atoms with E-state index in [2.05, 4.69) is 0 Å². The summed E-state index contributed by atoms with van der Waals surface area (Å²) in [4.78, 5) is 11.8. The van der Waals surface area contributed by atoms with E-state index < -0.39 is 0 Å². The van der Waals surface area contributed by atoms with Crippen LogP contribution in [0, 0.1) is 5.92 Å². The molecule has 16 heavy (non-hydrogen) atoms. The molecule has 0 N–H and O–H groups in total. The molecule has 1 aromatic carbocycles. The highest BCUT2D eigenvalue weighted by Crippen LogP contribution is 2.28. The largest absolute Gasteiger partial charge is 0.425 e. The molecule has 3 heteroatoms. The molecule has 0 unspecified atom stereocenters. The topological polar surface area (TPSA) is 26.3 Å². The molecule has 0 saturated heterocycles. The number of para-hydroxylation sites is 1. The van der Waals surface area contributed by atoms with Crippen LogP contribution in [0.15, 0.2) is 24.3 Å². The molecule has 1 aliphatic carbocycles. The van der Waals surface area contributed by atoms with E-state index >= 15 is 0 Å². The van der Waals surface area contributed by atoms with Gasteiger partial charge in [0.05, 0.1) is 10.9 Å². The van der Waals surface area contributed by atoms with E-state index in [9.17, 15) is 4.79 Å². The highest BCUT2D eigenvalue weighted by molar-refractivity contribution is 6.32. The summed E-state index contributed by atoms with van der Waals surface area (Å²) in [6.45, 7) is 0. The molecule has 0 amide bonds. The summed E-state index contributed by atoms with van der Waals surface area (Å²) in [6.07, 6.45) is 5.38. The molecule has 0 heterocycles. The van der Waals surface area contributed by atoms with E-state index in [1.54, 1.807) is 12.1 Å². The van der Waals surface area contributed by atoms with Crippen LogP contribution in [0.3, 0.4) is 0 Å². The second-order valence-corrected chi connectivity index (χ2v) is 4.59. The molecule has 0 spiro atoms. The summed E-state index contributed by atoms with van der Waals surface area (Å²) in [5.74, 6) is 0.401. The van der Waals surface area contributed by atoms with Gasteiger partial charge in [0, 0.05) is 0 Å². The molecule has 2 nitrogen and oxygen atoms in total. The van der Waals surface area contributed by atoms with Gasteiger partial charge in [-0.25, -0.2) is 0 Å². The van der Waals surface area contributed by atoms with Crippen LogP contribution in [-0.4, -0.2) is 5.97 Å².